The van der Waals surface area contributed by atoms with Crippen LogP contribution in [0.2, 0.25) is 0 Å². The fourth-order valence-electron chi connectivity index (χ4n) is 4.21. The Balaban J connectivity index is 1.80. The van der Waals surface area contributed by atoms with Gasteiger partial charge in [0.25, 0.3) is 10.2 Å². The van der Waals surface area contributed by atoms with Crippen molar-refractivity contribution in [2.75, 3.05) is 19.6 Å². The van der Waals surface area contributed by atoms with Gasteiger partial charge in [0.1, 0.15) is 0 Å². The van der Waals surface area contributed by atoms with Crippen molar-refractivity contribution in [2.24, 2.45) is 0 Å². The summed E-state index contributed by atoms with van der Waals surface area (Å²) in [5.41, 5.74) is 0. The Labute approximate surface area is 129 Å². The van der Waals surface area contributed by atoms with E-state index in [1.807, 2.05) is 4.31 Å². The molecular weight excluding hydrogens is 286 g/mol. The van der Waals surface area contributed by atoms with E-state index in [0.29, 0.717) is 19.1 Å². The van der Waals surface area contributed by atoms with Gasteiger partial charge in [-0.05, 0) is 52.0 Å². The molecular formula is C15H29N3O2S. The fraction of sp³-hybridized carbons (Fsp3) is 1.00. The smallest absolute Gasteiger partial charge is 0.282 e. The van der Waals surface area contributed by atoms with Crippen LogP contribution >= 0.6 is 0 Å². The van der Waals surface area contributed by atoms with Gasteiger partial charge in [-0.25, -0.2) is 0 Å². The van der Waals surface area contributed by atoms with Gasteiger partial charge in [0.2, 0.25) is 0 Å². The SMILES string of the molecule is CC1CCCCN1S(=O)(=O)N1CCCCC1C1CCCN1. The maximum atomic E-state index is 13.1. The highest BCUT2D eigenvalue weighted by Gasteiger charge is 2.42. The molecule has 0 saturated carbocycles. The van der Waals surface area contributed by atoms with Crippen LogP contribution < -0.4 is 5.32 Å². The summed E-state index contributed by atoms with van der Waals surface area (Å²) in [5.74, 6) is 0. The third kappa shape index (κ3) is 3.14. The summed E-state index contributed by atoms with van der Waals surface area (Å²) in [5, 5.41) is 3.52. The van der Waals surface area contributed by atoms with Gasteiger partial charge in [0, 0.05) is 31.2 Å². The lowest BCUT2D eigenvalue weighted by Crippen LogP contribution is -2.58. The van der Waals surface area contributed by atoms with E-state index in [1.165, 1.54) is 6.42 Å². The first-order valence-corrected chi connectivity index (χ1v) is 10.0. The molecule has 0 aromatic carbocycles. The molecule has 3 saturated heterocycles. The second-order valence-electron chi connectivity index (χ2n) is 6.84. The highest BCUT2D eigenvalue weighted by molar-refractivity contribution is 7.86. The Morgan fingerprint density at radius 3 is 2.29 bits per heavy atom. The summed E-state index contributed by atoms with van der Waals surface area (Å²) in [6.45, 7) is 4.50. The molecule has 3 unspecified atom stereocenters. The molecule has 0 aliphatic carbocycles. The molecule has 0 radical (unpaired) electrons. The molecule has 1 N–H and O–H groups in total. The van der Waals surface area contributed by atoms with Crippen molar-refractivity contribution < 1.29 is 8.42 Å². The van der Waals surface area contributed by atoms with E-state index in [2.05, 4.69) is 12.2 Å². The number of nitrogens with one attached hydrogen (secondary N) is 1. The molecule has 21 heavy (non-hydrogen) atoms. The van der Waals surface area contributed by atoms with Gasteiger partial charge in [-0.3, -0.25) is 0 Å². The van der Waals surface area contributed by atoms with Crippen molar-refractivity contribution >= 4 is 10.2 Å². The molecule has 122 valence electrons. The standard InChI is InChI=1S/C15H29N3O2S/c1-13-7-2-4-11-17(13)21(19,20)18-12-5-3-9-15(18)14-8-6-10-16-14/h13-16H,2-12H2,1H3. The van der Waals surface area contributed by atoms with E-state index < -0.39 is 10.2 Å². The molecule has 6 heteroatoms. The first kappa shape index (κ1) is 15.7. The van der Waals surface area contributed by atoms with E-state index in [4.69, 9.17) is 0 Å². The normalized spacial score (nSPS) is 36.9. The summed E-state index contributed by atoms with van der Waals surface area (Å²) in [6, 6.07) is 0.684. The Kier molecular flexibility index (Phi) is 4.88. The zero-order valence-corrected chi connectivity index (χ0v) is 13.9. The average molecular weight is 315 g/mol. The third-order valence-electron chi connectivity index (χ3n) is 5.40. The van der Waals surface area contributed by atoms with Crippen molar-refractivity contribution in [1.82, 2.24) is 13.9 Å². The van der Waals surface area contributed by atoms with E-state index in [1.54, 1.807) is 4.31 Å². The van der Waals surface area contributed by atoms with Crippen molar-refractivity contribution in [2.45, 2.75) is 76.4 Å². The first-order chi connectivity index (χ1) is 10.1. The predicted octanol–water partition coefficient (Wildman–Crippen LogP) is 1.71. The summed E-state index contributed by atoms with van der Waals surface area (Å²) < 4.78 is 29.9. The topological polar surface area (TPSA) is 52.7 Å². The maximum absolute atomic E-state index is 13.1. The van der Waals surface area contributed by atoms with Crippen LogP contribution in [0, 0.1) is 0 Å². The lowest BCUT2D eigenvalue weighted by atomic mass is 9.97. The molecule has 0 amide bonds. The summed E-state index contributed by atoms with van der Waals surface area (Å²) >= 11 is 0. The molecule has 0 aromatic heterocycles. The fourth-order valence-corrected chi connectivity index (χ4v) is 6.35. The minimum atomic E-state index is -3.29. The summed E-state index contributed by atoms with van der Waals surface area (Å²) in [6.07, 6.45) is 8.62. The summed E-state index contributed by atoms with van der Waals surface area (Å²) in [7, 11) is -3.29. The second-order valence-corrected chi connectivity index (χ2v) is 8.67. The van der Waals surface area contributed by atoms with Crippen LogP contribution in [0.25, 0.3) is 0 Å². The van der Waals surface area contributed by atoms with E-state index in [0.717, 1.165) is 51.5 Å². The zero-order chi connectivity index (χ0) is 14.9. The minimum Gasteiger partial charge on any atom is -0.312 e. The van der Waals surface area contributed by atoms with Gasteiger partial charge >= 0.3 is 0 Å². The molecule has 0 bridgehead atoms. The lowest BCUT2D eigenvalue weighted by molar-refractivity contribution is 0.179. The number of piperidine rings is 2. The molecule has 0 spiro atoms. The molecule has 0 aromatic rings. The molecule has 3 fully saturated rings. The Morgan fingerprint density at radius 2 is 1.62 bits per heavy atom. The van der Waals surface area contributed by atoms with Crippen molar-refractivity contribution in [3.05, 3.63) is 0 Å². The number of rotatable bonds is 3. The molecule has 3 aliphatic heterocycles. The van der Waals surface area contributed by atoms with E-state index in [-0.39, 0.29) is 12.1 Å². The van der Waals surface area contributed by atoms with Crippen LogP contribution in [0.1, 0.15) is 58.3 Å². The third-order valence-corrected chi connectivity index (χ3v) is 7.58. The number of hydrogen-bond acceptors (Lipinski definition) is 3. The monoisotopic (exact) mass is 315 g/mol. The second kappa shape index (κ2) is 6.52. The highest BCUT2D eigenvalue weighted by atomic mass is 32.2. The zero-order valence-electron chi connectivity index (χ0n) is 13.1. The molecule has 3 rings (SSSR count). The summed E-state index contributed by atoms with van der Waals surface area (Å²) in [4.78, 5) is 0. The maximum Gasteiger partial charge on any atom is 0.282 e. The van der Waals surface area contributed by atoms with Crippen molar-refractivity contribution in [3.63, 3.8) is 0 Å². The van der Waals surface area contributed by atoms with Crippen LogP contribution in [-0.2, 0) is 10.2 Å². The molecule has 3 atom stereocenters. The quantitative estimate of drug-likeness (QED) is 0.862. The van der Waals surface area contributed by atoms with Crippen LogP contribution in [0.4, 0.5) is 0 Å². The average Bonchev–Trinajstić information content (AvgIpc) is 3.01. The predicted molar refractivity (Wildman–Crippen MR) is 84.3 cm³/mol. The molecule has 3 aliphatic rings. The molecule has 5 nitrogen and oxygen atoms in total. The lowest BCUT2D eigenvalue weighted by Gasteiger charge is -2.43. The van der Waals surface area contributed by atoms with Crippen LogP contribution in [0.3, 0.4) is 0 Å². The van der Waals surface area contributed by atoms with Gasteiger partial charge in [-0.15, -0.1) is 0 Å². The van der Waals surface area contributed by atoms with Gasteiger partial charge in [0.15, 0.2) is 0 Å². The van der Waals surface area contributed by atoms with Crippen molar-refractivity contribution in [3.8, 4) is 0 Å². The van der Waals surface area contributed by atoms with E-state index in [9.17, 15) is 8.42 Å². The van der Waals surface area contributed by atoms with Gasteiger partial charge in [0.05, 0.1) is 0 Å². The van der Waals surface area contributed by atoms with Crippen LogP contribution in [-0.4, -0.2) is 54.8 Å². The Morgan fingerprint density at radius 1 is 0.905 bits per heavy atom. The Bertz CT molecular complexity index is 448. The van der Waals surface area contributed by atoms with Crippen LogP contribution in [0.15, 0.2) is 0 Å². The van der Waals surface area contributed by atoms with Gasteiger partial charge < -0.3 is 5.32 Å². The van der Waals surface area contributed by atoms with Crippen LogP contribution in [0.5, 0.6) is 0 Å². The van der Waals surface area contributed by atoms with Crippen molar-refractivity contribution in [1.29, 1.82) is 0 Å². The largest absolute Gasteiger partial charge is 0.312 e. The minimum absolute atomic E-state index is 0.155. The van der Waals surface area contributed by atoms with Gasteiger partial charge in [-0.2, -0.15) is 17.0 Å². The first-order valence-electron chi connectivity index (χ1n) is 8.62. The van der Waals surface area contributed by atoms with E-state index >= 15 is 0 Å². The number of nitrogens with zero attached hydrogens (tertiary/aromatic N) is 2. The van der Waals surface area contributed by atoms with Gasteiger partial charge in [-0.1, -0.05) is 12.8 Å². The highest BCUT2D eigenvalue weighted by Crippen LogP contribution is 2.30. The Hall–Kier alpha value is -0.170. The number of hydrogen-bond donors (Lipinski definition) is 1. The molecule has 3 heterocycles.